The van der Waals surface area contributed by atoms with Gasteiger partial charge in [0.15, 0.2) is 0 Å². The zero-order valence-corrected chi connectivity index (χ0v) is 11.8. The second-order valence-electron chi connectivity index (χ2n) is 3.75. The third-order valence-electron chi connectivity index (χ3n) is 2.78. The van der Waals surface area contributed by atoms with Gasteiger partial charge in [-0.25, -0.2) is 0 Å². The summed E-state index contributed by atoms with van der Waals surface area (Å²) in [6, 6.07) is 0. The summed E-state index contributed by atoms with van der Waals surface area (Å²) in [4.78, 5) is 0. The number of thiol groups is 1. The highest BCUT2D eigenvalue weighted by Gasteiger charge is 2.16. The molecule has 4 heteroatoms. The van der Waals surface area contributed by atoms with Crippen molar-refractivity contribution in [3.8, 4) is 5.75 Å². The van der Waals surface area contributed by atoms with Crippen LogP contribution in [0.1, 0.15) is 16.7 Å². The lowest BCUT2D eigenvalue weighted by Gasteiger charge is -2.19. The van der Waals surface area contributed by atoms with Crippen LogP contribution in [0.15, 0.2) is 0 Å². The average molecular weight is 260 g/mol. The van der Waals surface area contributed by atoms with Crippen molar-refractivity contribution < 1.29 is 4.74 Å². The lowest BCUT2D eigenvalue weighted by Crippen LogP contribution is -2.08. The smallest absolute Gasteiger partial charge is 0.145 e. The molecule has 0 heterocycles. The van der Waals surface area contributed by atoms with Crippen LogP contribution in [0, 0.1) is 20.8 Å². The van der Waals surface area contributed by atoms with Gasteiger partial charge in [-0.05, 0) is 37.5 Å². The molecule has 0 radical (unpaired) electrons. The predicted octanol–water partition coefficient (Wildman–Crippen LogP) is 3.62. The number of halogens is 1. The van der Waals surface area contributed by atoms with Gasteiger partial charge in [-0.2, -0.15) is 12.6 Å². The maximum atomic E-state index is 6.28. The van der Waals surface area contributed by atoms with E-state index < -0.39 is 0 Å². The number of rotatable bonds is 4. The molecule has 16 heavy (non-hydrogen) atoms. The van der Waals surface area contributed by atoms with Crippen LogP contribution in [0.5, 0.6) is 5.75 Å². The summed E-state index contributed by atoms with van der Waals surface area (Å²) in [6.45, 7) is 6.82. The molecule has 0 aliphatic carbocycles. The third kappa shape index (κ3) is 2.41. The fourth-order valence-corrected chi connectivity index (χ4v) is 2.08. The van der Waals surface area contributed by atoms with Gasteiger partial charge in [0.05, 0.1) is 12.8 Å². The third-order valence-corrected chi connectivity index (χ3v) is 3.57. The fraction of sp³-hybridized carbons (Fsp3) is 0.500. The van der Waals surface area contributed by atoms with Crippen LogP contribution in [0.25, 0.3) is 0 Å². The van der Waals surface area contributed by atoms with Crippen LogP contribution >= 0.6 is 24.2 Å². The zero-order chi connectivity index (χ0) is 12.3. The standard InChI is InChI=1S/C12H18ClNOS/c1-7-8(2)12(15-4)11(14-5-6-16)9(3)10(7)13/h14,16H,5-6H2,1-4H3. The molecule has 1 N–H and O–H groups in total. The quantitative estimate of drug-likeness (QED) is 0.806. The number of ether oxygens (including phenoxy) is 1. The van der Waals surface area contributed by atoms with Crippen LogP contribution in [0.3, 0.4) is 0 Å². The molecule has 0 spiro atoms. The topological polar surface area (TPSA) is 21.3 Å². The SMILES string of the molecule is COc1c(C)c(C)c(Cl)c(C)c1NCCS. The Balaban J connectivity index is 3.33. The van der Waals surface area contributed by atoms with E-state index in [0.717, 1.165) is 45.4 Å². The van der Waals surface area contributed by atoms with Crippen LogP contribution in [-0.2, 0) is 0 Å². The molecule has 90 valence electrons. The Labute approximate surface area is 108 Å². The molecule has 0 bridgehead atoms. The molecule has 0 unspecified atom stereocenters. The Hall–Kier alpha value is -0.540. The summed E-state index contributed by atoms with van der Waals surface area (Å²) >= 11 is 10.5. The van der Waals surface area contributed by atoms with Gasteiger partial charge >= 0.3 is 0 Å². The van der Waals surface area contributed by atoms with Gasteiger partial charge in [0.1, 0.15) is 5.75 Å². The van der Waals surface area contributed by atoms with Gasteiger partial charge in [-0.1, -0.05) is 11.6 Å². The van der Waals surface area contributed by atoms with Gasteiger partial charge in [0.2, 0.25) is 0 Å². The second kappa shape index (κ2) is 5.69. The van der Waals surface area contributed by atoms with E-state index in [4.69, 9.17) is 16.3 Å². The van der Waals surface area contributed by atoms with E-state index >= 15 is 0 Å². The van der Waals surface area contributed by atoms with Gasteiger partial charge in [-0.3, -0.25) is 0 Å². The van der Waals surface area contributed by atoms with Gasteiger partial charge in [-0.15, -0.1) is 0 Å². The highest BCUT2D eigenvalue weighted by Crippen LogP contribution is 2.39. The molecule has 1 aromatic rings. The number of benzene rings is 1. The number of hydrogen-bond acceptors (Lipinski definition) is 3. The van der Waals surface area contributed by atoms with Crippen molar-refractivity contribution in [1.82, 2.24) is 0 Å². The van der Waals surface area contributed by atoms with E-state index in [0.29, 0.717) is 0 Å². The molecular weight excluding hydrogens is 242 g/mol. The number of hydrogen-bond donors (Lipinski definition) is 2. The molecular formula is C12H18ClNOS. The maximum absolute atomic E-state index is 6.28. The van der Waals surface area contributed by atoms with Crippen LogP contribution in [-0.4, -0.2) is 19.4 Å². The summed E-state index contributed by atoms with van der Waals surface area (Å²) in [5, 5.41) is 4.11. The van der Waals surface area contributed by atoms with Crippen molar-refractivity contribution in [1.29, 1.82) is 0 Å². The van der Waals surface area contributed by atoms with E-state index in [1.54, 1.807) is 7.11 Å². The Morgan fingerprint density at radius 1 is 1.19 bits per heavy atom. The lowest BCUT2D eigenvalue weighted by atomic mass is 10.0. The van der Waals surface area contributed by atoms with E-state index in [1.807, 2.05) is 20.8 Å². The second-order valence-corrected chi connectivity index (χ2v) is 4.57. The number of methoxy groups -OCH3 is 1. The minimum Gasteiger partial charge on any atom is -0.494 e. The Morgan fingerprint density at radius 3 is 2.31 bits per heavy atom. The molecule has 0 saturated carbocycles. The highest BCUT2D eigenvalue weighted by atomic mass is 35.5. The summed E-state index contributed by atoms with van der Waals surface area (Å²) < 4.78 is 5.44. The summed E-state index contributed by atoms with van der Waals surface area (Å²) in [5.41, 5.74) is 4.17. The molecule has 2 nitrogen and oxygen atoms in total. The molecule has 1 aromatic carbocycles. The summed E-state index contributed by atoms with van der Waals surface area (Å²) in [7, 11) is 1.68. The van der Waals surface area contributed by atoms with E-state index in [1.165, 1.54) is 0 Å². The highest BCUT2D eigenvalue weighted by molar-refractivity contribution is 7.80. The first kappa shape index (κ1) is 13.5. The van der Waals surface area contributed by atoms with Gasteiger partial charge < -0.3 is 10.1 Å². The monoisotopic (exact) mass is 259 g/mol. The molecule has 0 atom stereocenters. The lowest BCUT2D eigenvalue weighted by molar-refractivity contribution is 0.413. The average Bonchev–Trinajstić information content (AvgIpc) is 2.29. The predicted molar refractivity (Wildman–Crippen MR) is 74.6 cm³/mol. The van der Waals surface area contributed by atoms with Crippen molar-refractivity contribution in [2.45, 2.75) is 20.8 Å². The first-order valence-electron chi connectivity index (χ1n) is 5.22. The summed E-state index contributed by atoms with van der Waals surface area (Å²) in [6.07, 6.45) is 0. The number of anilines is 1. The minimum atomic E-state index is 0.771. The van der Waals surface area contributed by atoms with Crippen molar-refractivity contribution in [3.63, 3.8) is 0 Å². The van der Waals surface area contributed by atoms with E-state index in [2.05, 4.69) is 17.9 Å². The minimum absolute atomic E-state index is 0.771. The molecule has 0 aliphatic heterocycles. The van der Waals surface area contributed by atoms with Crippen molar-refractivity contribution in [3.05, 3.63) is 21.7 Å². The van der Waals surface area contributed by atoms with Gasteiger partial charge in [0, 0.05) is 17.3 Å². The van der Waals surface area contributed by atoms with Crippen molar-refractivity contribution >= 4 is 29.9 Å². The first-order valence-corrected chi connectivity index (χ1v) is 6.23. The van der Waals surface area contributed by atoms with Crippen molar-refractivity contribution in [2.24, 2.45) is 0 Å². The zero-order valence-electron chi connectivity index (χ0n) is 10.1. The van der Waals surface area contributed by atoms with E-state index in [9.17, 15) is 0 Å². The normalized spacial score (nSPS) is 10.4. The van der Waals surface area contributed by atoms with E-state index in [-0.39, 0.29) is 0 Å². The Morgan fingerprint density at radius 2 is 1.81 bits per heavy atom. The van der Waals surface area contributed by atoms with Gasteiger partial charge in [0.25, 0.3) is 0 Å². The van der Waals surface area contributed by atoms with Crippen molar-refractivity contribution in [2.75, 3.05) is 24.7 Å². The fourth-order valence-electron chi connectivity index (χ4n) is 1.73. The van der Waals surface area contributed by atoms with Crippen LogP contribution in [0.2, 0.25) is 5.02 Å². The first-order chi connectivity index (χ1) is 7.54. The largest absolute Gasteiger partial charge is 0.494 e. The Bertz CT molecular complexity index is 393. The molecule has 0 amide bonds. The molecule has 0 saturated heterocycles. The molecule has 1 rings (SSSR count). The molecule has 0 aromatic heterocycles. The number of nitrogens with one attached hydrogen (secondary N) is 1. The van der Waals surface area contributed by atoms with Crippen LogP contribution in [0.4, 0.5) is 5.69 Å². The Kier molecular flexibility index (Phi) is 4.81. The maximum Gasteiger partial charge on any atom is 0.145 e. The molecule has 0 fully saturated rings. The molecule has 0 aliphatic rings. The van der Waals surface area contributed by atoms with Crippen LogP contribution < -0.4 is 10.1 Å². The summed E-state index contributed by atoms with van der Waals surface area (Å²) in [5.74, 6) is 1.65.